The zero-order valence-electron chi connectivity index (χ0n) is 18.5. The van der Waals surface area contributed by atoms with Gasteiger partial charge in [0.1, 0.15) is 11.6 Å². The molecular formula is C25H27FN2O3. The lowest BCUT2D eigenvalue weighted by Gasteiger charge is -2.19. The lowest BCUT2D eigenvalue weighted by molar-refractivity contribution is -0.145. The van der Waals surface area contributed by atoms with Crippen LogP contribution in [0.1, 0.15) is 20.8 Å². The van der Waals surface area contributed by atoms with Crippen molar-refractivity contribution in [3.63, 3.8) is 0 Å². The van der Waals surface area contributed by atoms with E-state index in [1.54, 1.807) is 27.0 Å². The average molecular weight is 423 g/mol. The second kappa shape index (κ2) is 9.16. The number of nitrogens with zero attached hydrogens (tertiary/aromatic N) is 2. The Morgan fingerprint density at radius 1 is 1.16 bits per heavy atom. The Balaban J connectivity index is 2.18. The maximum Gasteiger partial charge on any atom is 0.333 e. The largest absolute Gasteiger partial charge is 0.497 e. The molecule has 31 heavy (non-hydrogen) atoms. The number of benzene rings is 2. The number of fused-ring (bicyclic) bond motifs is 1. The fraction of sp³-hybridized carbons (Fsp3) is 0.280. The maximum atomic E-state index is 14.0. The summed E-state index contributed by atoms with van der Waals surface area (Å²) in [4.78, 5) is 16.8. The minimum absolute atomic E-state index is 0.305. The van der Waals surface area contributed by atoms with Crippen LogP contribution in [0.3, 0.4) is 0 Å². The highest BCUT2D eigenvalue weighted by Crippen LogP contribution is 2.31. The highest BCUT2D eigenvalue weighted by Gasteiger charge is 2.28. The van der Waals surface area contributed by atoms with Crippen LogP contribution >= 0.6 is 0 Å². The van der Waals surface area contributed by atoms with Crippen molar-refractivity contribution in [2.24, 2.45) is 4.99 Å². The zero-order chi connectivity index (χ0) is 22.6. The summed E-state index contributed by atoms with van der Waals surface area (Å²) in [6.07, 6.45) is 3.75. The van der Waals surface area contributed by atoms with Gasteiger partial charge in [-0.3, -0.25) is 4.99 Å². The fourth-order valence-corrected chi connectivity index (χ4v) is 3.57. The molecule has 0 amide bonds. The van der Waals surface area contributed by atoms with Gasteiger partial charge in [0.15, 0.2) is 5.54 Å². The Hall–Kier alpha value is -3.41. The predicted molar refractivity (Wildman–Crippen MR) is 122 cm³/mol. The molecule has 3 rings (SSSR count). The summed E-state index contributed by atoms with van der Waals surface area (Å²) >= 11 is 0. The molecule has 0 saturated carbocycles. The van der Waals surface area contributed by atoms with E-state index in [1.807, 2.05) is 49.4 Å². The zero-order valence-corrected chi connectivity index (χ0v) is 18.5. The van der Waals surface area contributed by atoms with Crippen LogP contribution in [0.5, 0.6) is 5.75 Å². The van der Waals surface area contributed by atoms with Crippen molar-refractivity contribution in [2.45, 2.75) is 32.9 Å². The van der Waals surface area contributed by atoms with E-state index in [9.17, 15) is 9.18 Å². The molecule has 0 N–H and O–H groups in total. The van der Waals surface area contributed by atoms with Crippen LogP contribution in [0.25, 0.3) is 22.2 Å². The number of esters is 1. The van der Waals surface area contributed by atoms with E-state index >= 15 is 0 Å². The number of carbonyl (C=O) groups excluding carboxylic acids is 1. The van der Waals surface area contributed by atoms with Crippen LogP contribution in [0.2, 0.25) is 0 Å². The van der Waals surface area contributed by atoms with Gasteiger partial charge in [-0.15, -0.1) is 0 Å². The number of methoxy groups -OCH3 is 2. The first-order valence-corrected chi connectivity index (χ1v) is 10.0. The van der Waals surface area contributed by atoms with E-state index in [4.69, 9.17) is 9.47 Å². The van der Waals surface area contributed by atoms with Crippen molar-refractivity contribution in [2.75, 3.05) is 14.2 Å². The van der Waals surface area contributed by atoms with Gasteiger partial charge < -0.3 is 14.0 Å². The minimum atomic E-state index is -1.03. The number of halogens is 1. The number of aliphatic imine (C=N–C) groups is 1. The highest BCUT2D eigenvalue weighted by atomic mass is 19.1. The molecule has 2 aromatic carbocycles. The van der Waals surface area contributed by atoms with Crippen LogP contribution in [0, 0.1) is 5.82 Å². The molecular weight excluding hydrogens is 395 g/mol. The average Bonchev–Trinajstić information content (AvgIpc) is 3.10. The molecule has 6 heteroatoms. The van der Waals surface area contributed by atoms with E-state index < -0.39 is 11.5 Å². The van der Waals surface area contributed by atoms with Crippen LogP contribution in [0.4, 0.5) is 4.39 Å². The summed E-state index contributed by atoms with van der Waals surface area (Å²) in [6.45, 7) is 5.72. The van der Waals surface area contributed by atoms with Gasteiger partial charge >= 0.3 is 5.97 Å². The molecule has 0 bridgehead atoms. The van der Waals surface area contributed by atoms with Crippen molar-refractivity contribution in [3.05, 3.63) is 66.5 Å². The van der Waals surface area contributed by atoms with Gasteiger partial charge in [-0.05, 0) is 63.2 Å². The van der Waals surface area contributed by atoms with Gasteiger partial charge in [-0.1, -0.05) is 18.2 Å². The third-order valence-corrected chi connectivity index (χ3v) is 5.02. The Morgan fingerprint density at radius 3 is 2.58 bits per heavy atom. The van der Waals surface area contributed by atoms with Gasteiger partial charge in [0.25, 0.3) is 0 Å². The summed E-state index contributed by atoms with van der Waals surface area (Å²) in [5.74, 6) is 0.0209. The molecule has 0 aliphatic heterocycles. The summed E-state index contributed by atoms with van der Waals surface area (Å²) in [7, 11) is 2.97. The maximum absolute atomic E-state index is 14.0. The smallest absolute Gasteiger partial charge is 0.333 e. The fourth-order valence-electron chi connectivity index (χ4n) is 3.57. The van der Waals surface area contributed by atoms with Crippen LogP contribution < -0.4 is 4.74 Å². The van der Waals surface area contributed by atoms with Gasteiger partial charge in [-0.25, -0.2) is 9.18 Å². The third kappa shape index (κ3) is 4.85. The standard InChI is InChI=1S/C25H27FN2O3/c1-6-8-20(27-25(2,3)24(29)31-5)16-28-22-12-11-21(30-4)14-18(22)15-23(28)17-9-7-10-19(26)13-17/h6-15H,16H2,1-5H3/b8-6-,27-20+. The van der Waals surface area contributed by atoms with E-state index in [0.29, 0.717) is 12.3 Å². The molecule has 0 spiro atoms. The molecule has 0 aliphatic rings. The van der Waals surface area contributed by atoms with Crippen molar-refractivity contribution in [3.8, 4) is 17.0 Å². The molecule has 1 aromatic heterocycles. The number of aromatic nitrogens is 1. The summed E-state index contributed by atoms with van der Waals surface area (Å²) in [5, 5.41) is 0.964. The van der Waals surface area contributed by atoms with E-state index in [0.717, 1.165) is 27.9 Å². The molecule has 162 valence electrons. The van der Waals surface area contributed by atoms with Crippen molar-refractivity contribution in [1.82, 2.24) is 4.57 Å². The van der Waals surface area contributed by atoms with Gasteiger partial charge in [0.05, 0.1) is 26.5 Å². The second-order valence-electron chi connectivity index (χ2n) is 7.70. The highest BCUT2D eigenvalue weighted by molar-refractivity contribution is 5.99. The third-order valence-electron chi connectivity index (χ3n) is 5.02. The van der Waals surface area contributed by atoms with Crippen molar-refractivity contribution >= 4 is 22.6 Å². The molecule has 0 fully saturated rings. The van der Waals surface area contributed by atoms with Crippen LogP contribution in [-0.4, -0.2) is 36.0 Å². The summed E-state index contributed by atoms with van der Waals surface area (Å²) in [6, 6.07) is 14.3. The normalized spacial score (nSPS) is 12.5. The number of carbonyl (C=O) groups is 1. The first-order valence-electron chi connectivity index (χ1n) is 10.0. The Morgan fingerprint density at radius 2 is 1.94 bits per heavy atom. The number of allylic oxidation sites excluding steroid dienone is 2. The summed E-state index contributed by atoms with van der Waals surface area (Å²) in [5.41, 5.74) is 2.21. The molecule has 0 aliphatic carbocycles. The number of rotatable bonds is 7. The number of hydrogen-bond acceptors (Lipinski definition) is 4. The Kier molecular flexibility index (Phi) is 6.59. The van der Waals surface area contributed by atoms with Crippen LogP contribution in [0.15, 0.2) is 65.7 Å². The molecule has 0 atom stereocenters. The molecule has 0 saturated heterocycles. The van der Waals surface area contributed by atoms with Crippen LogP contribution in [-0.2, 0) is 16.1 Å². The van der Waals surface area contributed by atoms with Gasteiger partial charge in [-0.2, -0.15) is 0 Å². The topological polar surface area (TPSA) is 52.8 Å². The first kappa shape index (κ1) is 22.3. The minimum Gasteiger partial charge on any atom is -0.497 e. The molecule has 1 heterocycles. The second-order valence-corrected chi connectivity index (χ2v) is 7.70. The van der Waals surface area contributed by atoms with E-state index in [-0.39, 0.29) is 5.82 Å². The quantitative estimate of drug-likeness (QED) is 0.377. The van der Waals surface area contributed by atoms with Crippen molar-refractivity contribution in [1.29, 1.82) is 0 Å². The van der Waals surface area contributed by atoms with Gasteiger partial charge in [0.2, 0.25) is 0 Å². The molecule has 0 unspecified atom stereocenters. The number of ether oxygens (including phenoxy) is 2. The Bertz CT molecular complexity index is 1160. The van der Waals surface area contributed by atoms with Gasteiger partial charge in [0, 0.05) is 22.2 Å². The Labute approximate surface area is 181 Å². The first-order chi connectivity index (χ1) is 14.8. The molecule has 0 radical (unpaired) electrons. The lowest BCUT2D eigenvalue weighted by atomic mass is 10.1. The predicted octanol–water partition coefficient (Wildman–Crippen LogP) is 5.42. The number of hydrogen-bond donors (Lipinski definition) is 0. The monoisotopic (exact) mass is 422 g/mol. The lowest BCUT2D eigenvalue weighted by Crippen LogP contribution is -2.32. The molecule has 5 nitrogen and oxygen atoms in total. The SMILES string of the molecule is C/C=C\C(Cn1c(-c2cccc(F)c2)cc2cc(OC)ccc21)=N/C(C)(C)C(=O)OC. The van der Waals surface area contributed by atoms with E-state index in [2.05, 4.69) is 9.56 Å². The van der Waals surface area contributed by atoms with E-state index in [1.165, 1.54) is 19.2 Å². The molecule has 3 aromatic rings. The van der Waals surface area contributed by atoms with Crippen molar-refractivity contribution < 1.29 is 18.7 Å². The summed E-state index contributed by atoms with van der Waals surface area (Å²) < 4.78 is 26.3.